The SMILES string of the molecule is CC(C)O[Si](O)(OC(C)C)c1ccc(-c2cc(F)c(F)cc2F)cc1. The van der Waals surface area contributed by atoms with Crippen molar-refractivity contribution < 1.29 is 26.8 Å². The molecule has 2 rings (SSSR count). The molecular formula is C18H21F3O3Si. The van der Waals surface area contributed by atoms with Crippen molar-refractivity contribution in [2.24, 2.45) is 0 Å². The molecule has 25 heavy (non-hydrogen) atoms. The fourth-order valence-corrected chi connectivity index (χ4v) is 4.60. The van der Waals surface area contributed by atoms with Crippen molar-refractivity contribution >= 4 is 14.0 Å². The zero-order chi connectivity index (χ0) is 18.8. The highest BCUT2D eigenvalue weighted by molar-refractivity contribution is 6.74. The van der Waals surface area contributed by atoms with Crippen LogP contribution in [0, 0.1) is 17.5 Å². The highest BCUT2D eigenvalue weighted by Gasteiger charge is 2.41. The predicted molar refractivity (Wildman–Crippen MR) is 91.8 cm³/mol. The largest absolute Gasteiger partial charge is 0.534 e. The number of halogens is 3. The second-order valence-electron chi connectivity index (χ2n) is 6.24. The number of benzene rings is 2. The first-order valence-corrected chi connectivity index (χ1v) is 9.72. The topological polar surface area (TPSA) is 38.7 Å². The van der Waals surface area contributed by atoms with E-state index in [1.807, 2.05) is 0 Å². The molecule has 2 aromatic rings. The van der Waals surface area contributed by atoms with Gasteiger partial charge in [0.1, 0.15) is 5.82 Å². The Balaban J connectivity index is 2.39. The number of rotatable bonds is 6. The molecule has 0 radical (unpaired) electrons. The van der Waals surface area contributed by atoms with Crippen LogP contribution >= 0.6 is 0 Å². The molecule has 7 heteroatoms. The van der Waals surface area contributed by atoms with Gasteiger partial charge in [-0.05, 0) is 39.3 Å². The molecule has 0 aliphatic carbocycles. The first kappa shape index (κ1) is 19.6. The van der Waals surface area contributed by atoms with Crippen LogP contribution in [0.15, 0.2) is 36.4 Å². The summed E-state index contributed by atoms with van der Waals surface area (Å²) in [6, 6.07) is 7.43. The Labute approximate surface area is 146 Å². The van der Waals surface area contributed by atoms with Crippen molar-refractivity contribution in [3.8, 4) is 11.1 Å². The number of hydrogen-bond donors (Lipinski definition) is 1. The molecule has 0 saturated heterocycles. The lowest BCUT2D eigenvalue weighted by Gasteiger charge is -2.28. The van der Waals surface area contributed by atoms with Crippen LogP contribution in [0.25, 0.3) is 11.1 Å². The summed E-state index contributed by atoms with van der Waals surface area (Å²) >= 11 is 0. The van der Waals surface area contributed by atoms with E-state index >= 15 is 0 Å². The Morgan fingerprint density at radius 2 is 1.28 bits per heavy atom. The highest BCUT2D eigenvalue weighted by atomic mass is 28.4. The summed E-state index contributed by atoms with van der Waals surface area (Å²) in [6.45, 7) is 7.14. The first-order chi connectivity index (χ1) is 11.6. The van der Waals surface area contributed by atoms with E-state index in [-0.39, 0.29) is 17.8 Å². The minimum Gasteiger partial charge on any atom is -0.386 e. The standard InChI is InChI=1S/C18H21F3O3Si/c1-11(2)23-25(22,24-12(3)4)14-7-5-13(6-8-14)15-9-17(20)18(21)10-16(15)19/h5-12,22H,1-4H3. The molecule has 0 bridgehead atoms. The van der Waals surface area contributed by atoms with Gasteiger partial charge in [0.2, 0.25) is 0 Å². The van der Waals surface area contributed by atoms with Crippen LogP contribution < -0.4 is 5.19 Å². The Morgan fingerprint density at radius 3 is 1.76 bits per heavy atom. The molecule has 0 fully saturated rings. The highest BCUT2D eigenvalue weighted by Crippen LogP contribution is 2.25. The van der Waals surface area contributed by atoms with Crippen molar-refractivity contribution in [2.75, 3.05) is 0 Å². The maximum absolute atomic E-state index is 13.9. The van der Waals surface area contributed by atoms with E-state index < -0.39 is 26.3 Å². The molecule has 0 heterocycles. The van der Waals surface area contributed by atoms with Gasteiger partial charge in [-0.25, -0.2) is 13.2 Å². The van der Waals surface area contributed by atoms with Crippen LogP contribution in [0.4, 0.5) is 13.2 Å². The summed E-state index contributed by atoms with van der Waals surface area (Å²) in [5, 5.41) is 0.446. The fourth-order valence-electron chi connectivity index (χ4n) is 2.41. The third kappa shape index (κ3) is 4.69. The normalized spacial score (nSPS) is 12.2. The number of hydrogen-bond acceptors (Lipinski definition) is 3. The summed E-state index contributed by atoms with van der Waals surface area (Å²) in [5.74, 6) is -3.23. The van der Waals surface area contributed by atoms with Crippen LogP contribution in [0.2, 0.25) is 0 Å². The van der Waals surface area contributed by atoms with Gasteiger partial charge in [-0.15, -0.1) is 0 Å². The van der Waals surface area contributed by atoms with Crippen molar-refractivity contribution in [3.63, 3.8) is 0 Å². The fraction of sp³-hybridized carbons (Fsp3) is 0.333. The summed E-state index contributed by atoms with van der Waals surface area (Å²) in [7, 11) is -3.64. The Morgan fingerprint density at radius 1 is 0.800 bits per heavy atom. The van der Waals surface area contributed by atoms with Crippen LogP contribution in [0.1, 0.15) is 27.7 Å². The molecular weight excluding hydrogens is 349 g/mol. The third-order valence-corrected chi connectivity index (χ3v) is 6.01. The summed E-state index contributed by atoms with van der Waals surface area (Å²) < 4.78 is 51.6. The third-order valence-electron chi connectivity index (χ3n) is 3.36. The van der Waals surface area contributed by atoms with Crippen LogP contribution in [0.5, 0.6) is 0 Å². The molecule has 136 valence electrons. The average Bonchev–Trinajstić information content (AvgIpc) is 2.49. The van der Waals surface area contributed by atoms with E-state index in [1.165, 1.54) is 12.1 Å². The van der Waals surface area contributed by atoms with Gasteiger partial charge in [0.15, 0.2) is 11.6 Å². The van der Waals surface area contributed by atoms with E-state index in [2.05, 4.69) is 0 Å². The van der Waals surface area contributed by atoms with Crippen LogP contribution in [-0.2, 0) is 8.85 Å². The van der Waals surface area contributed by atoms with Crippen molar-refractivity contribution in [1.82, 2.24) is 0 Å². The maximum Gasteiger partial charge on any atom is 0.534 e. The zero-order valence-electron chi connectivity index (χ0n) is 14.5. The zero-order valence-corrected chi connectivity index (χ0v) is 15.5. The molecule has 3 nitrogen and oxygen atoms in total. The van der Waals surface area contributed by atoms with Gasteiger partial charge in [-0.1, -0.05) is 24.3 Å². The molecule has 2 aromatic carbocycles. The smallest absolute Gasteiger partial charge is 0.386 e. The first-order valence-electron chi connectivity index (χ1n) is 7.96. The molecule has 0 aliphatic heterocycles. The summed E-state index contributed by atoms with van der Waals surface area (Å²) in [4.78, 5) is 10.8. The van der Waals surface area contributed by atoms with Gasteiger partial charge in [-0.2, -0.15) is 0 Å². The van der Waals surface area contributed by atoms with E-state index in [0.29, 0.717) is 16.8 Å². The second-order valence-corrected chi connectivity index (χ2v) is 8.45. The van der Waals surface area contributed by atoms with E-state index in [4.69, 9.17) is 8.85 Å². The molecule has 0 unspecified atom stereocenters. The minimum atomic E-state index is -3.64. The monoisotopic (exact) mass is 370 g/mol. The lowest BCUT2D eigenvalue weighted by atomic mass is 10.1. The van der Waals surface area contributed by atoms with Gasteiger partial charge in [0.05, 0.1) is 0 Å². The Kier molecular flexibility index (Phi) is 6.05. The van der Waals surface area contributed by atoms with Crippen molar-refractivity contribution in [2.45, 2.75) is 39.9 Å². The molecule has 0 saturated carbocycles. The Hall–Kier alpha value is -1.67. The molecule has 0 spiro atoms. The van der Waals surface area contributed by atoms with Gasteiger partial charge < -0.3 is 13.6 Å². The molecule has 0 amide bonds. The molecule has 0 aromatic heterocycles. The maximum atomic E-state index is 13.9. The van der Waals surface area contributed by atoms with E-state index in [1.54, 1.807) is 39.8 Å². The van der Waals surface area contributed by atoms with Crippen molar-refractivity contribution in [3.05, 3.63) is 53.8 Å². The molecule has 0 atom stereocenters. The lowest BCUT2D eigenvalue weighted by Crippen LogP contribution is -2.56. The molecule has 0 aliphatic rings. The molecule has 1 N–H and O–H groups in total. The van der Waals surface area contributed by atoms with Gasteiger partial charge in [0.25, 0.3) is 0 Å². The average molecular weight is 370 g/mol. The van der Waals surface area contributed by atoms with Crippen molar-refractivity contribution in [1.29, 1.82) is 0 Å². The summed E-state index contributed by atoms with van der Waals surface area (Å²) in [6.07, 6.45) is -0.502. The van der Waals surface area contributed by atoms with Gasteiger partial charge in [0, 0.05) is 29.0 Å². The second kappa shape index (κ2) is 7.70. The van der Waals surface area contributed by atoms with Gasteiger partial charge >= 0.3 is 8.80 Å². The quantitative estimate of drug-likeness (QED) is 0.622. The van der Waals surface area contributed by atoms with Gasteiger partial charge in [-0.3, -0.25) is 0 Å². The predicted octanol–water partition coefficient (Wildman–Crippen LogP) is 3.76. The Bertz CT molecular complexity index is 723. The van der Waals surface area contributed by atoms with E-state index in [9.17, 15) is 18.0 Å². The van der Waals surface area contributed by atoms with Crippen LogP contribution in [0.3, 0.4) is 0 Å². The van der Waals surface area contributed by atoms with Crippen LogP contribution in [-0.4, -0.2) is 25.8 Å². The summed E-state index contributed by atoms with van der Waals surface area (Å²) in [5.41, 5.74) is 0.288. The van der Waals surface area contributed by atoms with E-state index in [0.717, 1.165) is 6.07 Å². The minimum absolute atomic E-state index is 0.0646. The lowest BCUT2D eigenvalue weighted by molar-refractivity contribution is 0.0605.